The van der Waals surface area contributed by atoms with Gasteiger partial charge in [0, 0.05) is 22.4 Å². The summed E-state index contributed by atoms with van der Waals surface area (Å²) in [5.41, 5.74) is 2.03. The third-order valence-corrected chi connectivity index (χ3v) is 5.08. The number of aryl methyl sites for hydroxylation is 1. The van der Waals surface area contributed by atoms with E-state index in [4.69, 9.17) is 0 Å². The highest BCUT2D eigenvalue weighted by Crippen LogP contribution is 2.23. The van der Waals surface area contributed by atoms with Crippen LogP contribution in [0.4, 0.5) is 0 Å². The number of benzene rings is 1. The van der Waals surface area contributed by atoms with Crippen molar-refractivity contribution in [3.05, 3.63) is 57.8 Å². The normalized spacial score (nSPS) is 12.5. The van der Waals surface area contributed by atoms with E-state index in [0.29, 0.717) is 0 Å². The lowest BCUT2D eigenvalue weighted by molar-refractivity contribution is -0.116. The summed E-state index contributed by atoms with van der Waals surface area (Å²) in [6.45, 7) is 2.17. The molecule has 1 aromatic heterocycles. The molecule has 0 saturated carbocycles. The summed E-state index contributed by atoms with van der Waals surface area (Å²) in [4.78, 5) is 13.9. The van der Waals surface area contributed by atoms with Crippen molar-refractivity contribution in [3.8, 4) is 0 Å². The van der Waals surface area contributed by atoms with Crippen LogP contribution in [0.25, 0.3) is 6.08 Å². The predicted molar refractivity (Wildman–Crippen MR) is 94.3 cm³/mol. The molecule has 1 amide bonds. The quantitative estimate of drug-likeness (QED) is 0.627. The Balaban J connectivity index is 1.84. The summed E-state index contributed by atoms with van der Waals surface area (Å²) in [6.07, 6.45) is 4.63. The lowest BCUT2D eigenvalue weighted by atomic mass is 10.2. The van der Waals surface area contributed by atoms with Crippen molar-refractivity contribution in [3.63, 3.8) is 0 Å². The van der Waals surface area contributed by atoms with Crippen LogP contribution >= 0.6 is 23.1 Å². The lowest BCUT2D eigenvalue weighted by Gasteiger charge is -2.10. The first kappa shape index (κ1) is 16.8. The first-order chi connectivity index (χ1) is 10.6. The van der Waals surface area contributed by atoms with Crippen molar-refractivity contribution in [2.24, 2.45) is 0 Å². The number of amides is 1. The SMILES string of the molecule is CSc1ccc(/C=C/C(=O)NC[C@@H](O)c2sccc2C)cc1. The fourth-order valence-corrected chi connectivity index (χ4v) is 3.28. The van der Waals surface area contributed by atoms with Crippen molar-refractivity contribution in [1.82, 2.24) is 5.32 Å². The molecular weight excluding hydrogens is 314 g/mol. The average molecular weight is 333 g/mol. The summed E-state index contributed by atoms with van der Waals surface area (Å²) < 4.78 is 0. The van der Waals surface area contributed by atoms with Crippen LogP contribution < -0.4 is 5.32 Å². The molecule has 0 aliphatic rings. The fraction of sp³-hybridized carbons (Fsp3) is 0.235. The van der Waals surface area contributed by atoms with Crippen molar-refractivity contribution >= 4 is 35.1 Å². The highest BCUT2D eigenvalue weighted by Gasteiger charge is 2.12. The molecular formula is C17H19NO2S2. The lowest BCUT2D eigenvalue weighted by Crippen LogP contribution is -2.26. The summed E-state index contributed by atoms with van der Waals surface area (Å²) in [5, 5.41) is 14.7. The Bertz CT molecular complexity index is 647. The van der Waals surface area contributed by atoms with Gasteiger partial charge >= 0.3 is 0 Å². The molecule has 1 heterocycles. The Morgan fingerprint density at radius 3 is 2.68 bits per heavy atom. The topological polar surface area (TPSA) is 49.3 Å². The number of thioether (sulfide) groups is 1. The Kier molecular flexibility index (Phi) is 6.24. The zero-order valence-electron chi connectivity index (χ0n) is 12.6. The number of nitrogens with one attached hydrogen (secondary N) is 1. The van der Waals surface area contributed by atoms with Crippen LogP contribution in [-0.4, -0.2) is 23.8 Å². The number of aliphatic hydroxyl groups excluding tert-OH is 1. The summed E-state index contributed by atoms with van der Waals surface area (Å²) in [5.74, 6) is -0.206. The van der Waals surface area contributed by atoms with Crippen LogP contribution in [0.1, 0.15) is 22.1 Å². The van der Waals surface area contributed by atoms with Gasteiger partial charge in [-0.25, -0.2) is 0 Å². The summed E-state index contributed by atoms with van der Waals surface area (Å²) in [7, 11) is 0. The molecule has 0 aliphatic carbocycles. The van der Waals surface area contributed by atoms with Crippen molar-refractivity contribution in [2.75, 3.05) is 12.8 Å². The second kappa shape index (κ2) is 8.17. The highest BCUT2D eigenvalue weighted by atomic mass is 32.2. The van der Waals surface area contributed by atoms with Gasteiger partial charge in [-0.15, -0.1) is 23.1 Å². The number of aliphatic hydroxyl groups is 1. The molecule has 22 heavy (non-hydrogen) atoms. The van der Waals surface area contributed by atoms with Gasteiger partial charge in [0.05, 0.1) is 0 Å². The van der Waals surface area contributed by atoms with Crippen molar-refractivity contribution in [2.45, 2.75) is 17.9 Å². The number of hydrogen-bond acceptors (Lipinski definition) is 4. The third-order valence-electron chi connectivity index (χ3n) is 3.22. The molecule has 2 aromatic rings. The van der Waals surface area contributed by atoms with Gasteiger partial charge < -0.3 is 10.4 Å². The Hall–Kier alpha value is -1.56. The molecule has 0 fully saturated rings. The van der Waals surface area contributed by atoms with Crippen molar-refractivity contribution < 1.29 is 9.90 Å². The van der Waals surface area contributed by atoms with E-state index in [-0.39, 0.29) is 12.5 Å². The zero-order chi connectivity index (χ0) is 15.9. The van der Waals surface area contributed by atoms with Gasteiger partial charge in [-0.3, -0.25) is 4.79 Å². The molecule has 0 unspecified atom stereocenters. The van der Waals surface area contributed by atoms with Gasteiger partial charge in [-0.2, -0.15) is 0 Å². The number of carbonyl (C=O) groups excluding carboxylic acids is 1. The molecule has 5 heteroatoms. The van der Waals surface area contributed by atoms with E-state index in [1.54, 1.807) is 17.8 Å². The van der Waals surface area contributed by atoms with Crippen LogP contribution in [-0.2, 0) is 4.79 Å². The monoisotopic (exact) mass is 333 g/mol. The van der Waals surface area contributed by atoms with Gasteiger partial charge in [0.15, 0.2) is 0 Å². The maximum atomic E-state index is 11.8. The predicted octanol–water partition coefficient (Wildman–Crippen LogP) is 3.64. The van der Waals surface area contributed by atoms with E-state index in [2.05, 4.69) is 5.32 Å². The average Bonchev–Trinajstić information content (AvgIpc) is 2.97. The molecule has 0 aliphatic heterocycles. The number of carbonyl (C=O) groups is 1. The van der Waals surface area contributed by atoms with E-state index >= 15 is 0 Å². The summed E-state index contributed by atoms with van der Waals surface area (Å²) >= 11 is 3.18. The maximum absolute atomic E-state index is 11.8. The minimum atomic E-state index is -0.654. The first-order valence-electron chi connectivity index (χ1n) is 6.92. The van der Waals surface area contributed by atoms with Crippen LogP contribution in [0.3, 0.4) is 0 Å². The van der Waals surface area contributed by atoms with E-state index in [1.165, 1.54) is 22.3 Å². The molecule has 2 rings (SSSR count). The maximum Gasteiger partial charge on any atom is 0.244 e. The second-order valence-corrected chi connectivity index (χ2v) is 6.66. The molecule has 2 N–H and O–H groups in total. The molecule has 0 spiro atoms. The van der Waals surface area contributed by atoms with Gasteiger partial charge in [0.25, 0.3) is 0 Å². The minimum absolute atomic E-state index is 0.206. The molecule has 3 nitrogen and oxygen atoms in total. The summed E-state index contributed by atoms with van der Waals surface area (Å²) in [6, 6.07) is 9.94. The van der Waals surface area contributed by atoms with E-state index in [9.17, 15) is 9.90 Å². The van der Waals surface area contributed by atoms with Gasteiger partial charge in [-0.1, -0.05) is 12.1 Å². The standard InChI is InChI=1S/C17H19NO2S2/c1-12-9-10-22-17(12)15(19)11-18-16(20)8-5-13-3-6-14(21-2)7-4-13/h3-10,15,19H,11H2,1-2H3,(H,18,20)/b8-5+/t15-/m1/s1. The van der Waals surface area contributed by atoms with Gasteiger partial charge in [-0.05, 0) is 54.0 Å². The van der Waals surface area contributed by atoms with E-state index in [1.807, 2.05) is 48.9 Å². The molecule has 1 aromatic carbocycles. The minimum Gasteiger partial charge on any atom is -0.386 e. The number of hydrogen-bond donors (Lipinski definition) is 2. The second-order valence-electron chi connectivity index (χ2n) is 4.84. The Labute approximate surface area is 139 Å². The number of thiophene rings is 1. The zero-order valence-corrected chi connectivity index (χ0v) is 14.2. The largest absolute Gasteiger partial charge is 0.386 e. The van der Waals surface area contributed by atoms with Crippen molar-refractivity contribution in [1.29, 1.82) is 0 Å². The van der Waals surface area contributed by atoms with Crippen LogP contribution in [0.5, 0.6) is 0 Å². The molecule has 0 radical (unpaired) electrons. The highest BCUT2D eigenvalue weighted by molar-refractivity contribution is 7.98. The van der Waals surface area contributed by atoms with Crippen LogP contribution in [0.2, 0.25) is 0 Å². The number of rotatable bonds is 6. The molecule has 116 valence electrons. The van der Waals surface area contributed by atoms with Gasteiger partial charge in [0.2, 0.25) is 5.91 Å². The van der Waals surface area contributed by atoms with Crippen LogP contribution in [0, 0.1) is 6.92 Å². The third kappa shape index (κ3) is 4.73. The first-order valence-corrected chi connectivity index (χ1v) is 9.02. The molecule has 1 atom stereocenters. The smallest absolute Gasteiger partial charge is 0.244 e. The van der Waals surface area contributed by atoms with E-state index in [0.717, 1.165) is 16.0 Å². The molecule has 0 bridgehead atoms. The van der Waals surface area contributed by atoms with Gasteiger partial charge in [0.1, 0.15) is 6.10 Å². The molecule has 0 saturated heterocycles. The fourth-order valence-electron chi connectivity index (χ4n) is 1.96. The van der Waals surface area contributed by atoms with E-state index < -0.39 is 6.10 Å². The Morgan fingerprint density at radius 1 is 1.36 bits per heavy atom. The Morgan fingerprint density at radius 2 is 2.09 bits per heavy atom. The van der Waals surface area contributed by atoms with Crippen LogP contribution in [0.15, 0.2) is 46.7 Å².